The van der Waals surface area contributed by atoms with E-state index in [-0.39, 0.29) is 17.9 Å². The number of nitrogens with one attached hydrogen (secondary N) is 1. The first-order valence-corrected chi connectivity index (χ1v) is 10.3. The van der Waals surface area contributed by atoms with Gasteiger partial charge in [0.2, 0.25) is 11.8 Å². The molecule has 1 atom stereocenters. The van der Waals surface area contributed by atoms with Gasteiger partial charge in [-0.25, -0.2) is 0 Å². The fraction of sp³-hybridized carbons (Fsp3) is 0.636. The van der Waals surface area contributed by atoms with Crippen molar-refractivity contribution in [2.24, 2.45) is 5.92 Å². The van der Waals surface area contributed by atoms with E-state index in [4.69, 9.17) is 4.74 Å². The highest BCUT2D eigenvalue weighted by molar-refractivity contribution is 5.94. The molecule has 0 radical (unpaired) electrons. The van der Waals surface area contributed by atoms with E-state index in [0.717, 1.165) is 42.9 Å². The van der Waals surface area contributed by atoms with Crippen molar-refractivity contribution in [2.45, 2.75) is 77.4 Å². The Morgan fingerprint density at radius 1 is 1.26 bits per heavy atom. The Bertz CT molecular complexity index is 682. The van der Waals surface area contributed by atoms with Crippen molar-refractivity contribution in [3.63, 3.8) is 0 Å². The van der Waals surface area contributed by atoms with E-state index >= 15 is 0 Å². The highest BCUT2D eigenvalue weighted by atomic mass is 16.5. The first-order valence-electron chi connectivity index (χ1n) is 10.3. The molecule has 1 N–H and O–H groups in total. The minimum Gasteiger partial charge on any atom is -0.494 e. The molecule has 1 aromatic carbocycles. The molecule has 0 spiro atoms. The third kappa shape index (κ3) is 4.28. The standard InChI is InChI=1S/C22H32N2O3/c1-4-27-19-8-6-5-7-17(19)15-24-20(25)13-14-22(24,3)21(26)23-18-11-9-16(2)10-12-18/h5-8,16,18H,4,9-15H2,1-3H3,(H,23,26)/t16?,18?,22-/m0/s1. The summed E-state index contributed by atoms with van der Waals surface area (Å²) in [4.78, 5) is 27.5. The summed E-state index contributed by atoms with van der Waals surface area (Å²) < 4.78 is 5.70. The van der Waals surface area contributed by atoms with Gasteiger partial charge in [-0.3, -0.25) is 9.59 Å². The highest BCUT2D eigenvalue weighted by Crippen LogP contribution is 2.34. The number of amides is 2. The third-order valence-corrected chi connectivity index (χ3v) is 6.16. The Hall–Kier alpha value is -2.04. The maximum atomic E-state index is 13.1. The molecule has 0 unspecified atom stereocenters. The number of hydrogen-bond donors (Lipinski definition) is 1. The van der Waals surface area contributed by atoms with Crippen molar-refractivity contribution in [1.29, 1.82) is 0 Å². The minimum atomic E-state index is -0.792. The van der Waals surface area contributed by atoms with Crippen LogP contribution in [-0.2, 0) is 16.1 Å². The molecule has 2 aliphatic rings. The fourth-order valence-electron chi connectivity index (χ4n) is 4.24. The van der Waals surface area contributed by atoms with Crippen LogP contribution in [0, 0.1) is 5.92 Å². The lowest BCUT2D eigenvalue weighted by atomic mass is 9.86. The van der Waals surface area contributed by atoms with Gasteiger partial charge in [0.25, 0.3) is 0 Å². The maximum Gasteiger partial charge on any atom is 0.245 e. The van der Waals surface area contributed by atoms with Gasteiger partial charge in [-0.05, 0) is 57.9 Å². The SMILES string of the molecule is CCOc1ccccc1CN1C(=O)CC[C@@]1(C)C(=O)NC1CCC(C)CC1. The van der Waals surface area contributed by atoms with Crippen LogP contribution in [0.4, 0.5) is 0 Å². The summed E-state index contributed by atoms with van der Waals surface area (Å²) in [5.74, 6) is 1.55. The molecule has 5 heteroatoms. The van der Waals surface area contributed by atoms with Crippen LogP contribution in [0.5, 0.6) is 5.75 Å². The van der Waals surface area contributed by atoms with Crippen LogP contribution in [0.15, 0.2) is 24.3 Å². The van der Waals surface area contributed by atoms with E-state index < -0.39 is 5.54 Å². The Morgan fingerprint density at radius 2 is 1.96 bits per heavy atom. The summed E-state index contributed by atoms with van der Waals surface area (Å²) in [6, 6.07) is 7.99. The van der Waals surface area contributed by atoms with E-state index in [9.17, 15) is 9.59 Å². The van der Waals surface area contributed by atoms with Crippen LogP contribution < -0.4 is 10.1 Å². The van der Waals surface area contributed by atoms with E-state index in [1.165, 1.54) is 0 Å². The Morgan fingerprint density at radius 3 is 2.67 bits per heavy atom. The van der Waals surface area contributed by atoms with Gasteiger partial charge in [-0.1, -0.05) is 25.1 Å². The van der Waals surface area contributed by atoms with E-state index in [1.54, 1.807) is 4.90 Å². The lowest BCUT2D eigenvalue weighted by Gasteiger charge is -2.36. The number of para-hydroxylation sites is 1. The Labute approximate surface area is 162 Å². The van der Waals surface area contributed by atoms with E-state index in [1.807, 2.05) is 38.1 Å². The van der Waals surface area contributed by atoms with Gasteiger partial charge in [0.15, 0.2) is 0 Å². The molecule has 27 heavy (non-hydrogen) atoms. The molecule has 1 aliphatic carbocycles. The van der Waals surface area contributed by atoms with Crippen LogP contribution >= 0.6 is 0 Å². The van der Waals surface area contributed by atoms with Gasteiger partial charge in [-0.2, -0.15) is 0 Å². The molecule has 148 valence electrons. The second-order valence-electron chi connectivity index (χ2n) is 8.22. The summed E-state index contributed by atoms with van der Waals surface area (Å²) in [5, 5.41) is 3.23. The molecule has 0 aromatic heterocycles. The fourth-order valence-corrected chi connectivity index (χ4v) is 4.24. The largest absolute Gasteiger partial charge is 0.494 e. The summed E-state index contributed by atoms with van der Waals surface area (Å²) in [6.45, 7) is 7.10. The number of nitrogens with zero attached hydrogens (tertiary/aromatic N) is 1. The quantitative estimate of drug-likeness (QED) is 0.829. The molecule has 1 heterocycles. The first-order chi connectivity index (χ1) is 12.9. The Balaban J connectivity index is 1.73. The van der Waals surface area contributed by atoms with Crippen molar-refractivity contribution >= 4 is 11.8 Å². The number of ether oxygens (including phenoxy) is 1. The van der Waals surface area contributed by atoms with Gasteiger partial charge in [0.1, 0.15) is 11.3 Å². The van der Waals surface area contributed by atoms with Crippen LogP contribution in [0.25, 0.3) is 0 Å². The van der Waals surface area contributed by atoms with Crippen LogP contribution in [0.3, 0.4) is 0 Å². The van der Waals surface area contributed by atoms with Gasteiger partial charge in [0, 0.05) is 18.0 Å². The minimum absolute atomic E-state index is 0.0122. The zero-order chi connectivity index (χ0) is 19.4. The molecule has 1 saturated heterocycles. The molecular formula is C22H32N2O3. The first kappa shape index (κ1) is 19.7. The lowest BCUT2D eigenvalue weighted by molar-refractivity contribution is -0.141. The number of carbonyl (C=O) groups is 2. The highest BCUT2D eigenvalue weighted by Gasteiger charge is 2.47. The summed E-state index contributed by atoms with van der Waals surface area (Å²) in [6.07, 6.45) is 5.37. The van der Waals surface area contributed by atoms with Crippen molar-refractivity contribution in [2.75, 3.05) is 6.61 Å². The maximum absolute atomic E-state index is 13.1. The normalized spacial score (nSPS) is 28.3. The van der Waals surface area contributed by atoms with Gasteiger partial charge in [-0.15, -0.1) is 0 Å². The second kappa shape index (κ2) is 8.32. The number of benzene rings is 1. The molecule has 2 amide bonds. The lowest BCUT2D eigenvalue weighted by Crippen LogP contribution is -2.56. The monoisotopic (exact) mass is 372 g/mol. The predicted octanol–water partition coefficient (Wildman–Crippen LogP) is 3.66. The average molecular weight is 373 g/mol. The smallest absolute Gasteiger partial charge is 0.245 e. The summed E-state index contributed by atoms with van der Waals surface area (Å²) >= 11 is 0. The molecule has 3 rings (SSSR count). The molecule has 1 aromatic rings. The number of carbonyl (C=O) groups excluding carboxylic acids is 2. The molecule has 0 bridgehead atoms. The van der Waals surface area contributed by atoms with Crippen LogP contribution in [0.2, 0.25) is 0 Å². The molecule has 5 nitrogen and oxygen atoms in total. The zero-order valence-corrected chi connectivity index (χ0v) is 16.8. The van der Waals surface area contributed by atoms with Crippen molar-refractivity contribution in [3.05, 3.63) is 29.8 Å². The Kier molecular flexibility index (Phi) is 6.08. The second-order valence-corrected chi connectivity index (χ2v) is 8.22. The molecular weight excluding hydrogens is 340 g/mol. The van der Waals surface area contributed by atoms with E-state index in [2.05, 4.69) is 12.2 Å². The topological polar surface area (TPSA) is 58.6 Å². The summed E-state index contributed by atoms with van der Waals surface area (Å²) in [7, 11) is 0. The van der Waals surface area contributed by atoms with Crippen LogP contribution in [-0.4, -0.2) is 34.9 Å². The van der Waals surface area contributed by atoms with E-state index in [0.29, 0.717) is 26.0 Å². The van der Waals surface area contributed by atoms with Crippen molar-refractivity contribution in [3.8, 4) is 5.75 Å². The zero-order valence-electron chi connectivity index (χ0n) is 16.8. The average Bonchev–Trinajstić information content (AvgIpc) is 2.95. The van der Waals surface area contributed by atoms with Crippen LogP contribution in [0.1, 0.15) is 64.9 Å². The predicted molar refractivity (Wildman–Crippen MR) is 105 cm³/mol. The third-order valence-electron chi connectivity index (χ3n) is 6.16. The van der Waals surface area contributed by atoms with Gasteiger partial charge < -0.3 is 15.0 Å². The van der Waals surface area contributed by atoms with Crippen molar-refractivity contribution < 1.29 is 14.3 Å². The number of hydrogen-bond acceptors (Lipinski definition) is 3. The summed E-state index contributed by atoms with van der Waals surface area (Å²) in [5.41, 5.74) is 0.152. The number of likely N-dealkylation sites (tertiary alicyclic amines) is 1. The van der Waals surface area contributed by atoms with Gasteiger partial charge in [0.05, 0.1) is 13.2 Å². The molecule has 2 fully saturated rings. The number of rotatable bonds is 6. The molecule has 1 aliphatic heterocycles. The molecule has 1 saturated carbocycles. The van der Waals surface area contributed by atoms with Crippen molar-refractivity contribution in [1.82, 2.24) is 10.2 Å². The van der Waals surface area contributed by atoms with Gasteiger partial charge >= 0.3 is 0 Å².